The maximum absolute atomic E-state index is 13.9. The lowest BCUT2D eigenvalue weighted by Crippen LogP contribution is -2.47. The van der Waals surface area contributed by atoms with E-state index in [0.29, 0.717) is 23.5 Å². The van der Waals surface area contributed by atoms with Crippen molar-refractivity contribution in [2.45, 2.75) is 49.0 Å². The Labute approximate surface area is 290 Å². The molecule has 7 nitrogen and oxygen atoms in total. The Morgan fingerprint density at radius 1 is 0.896 bits per heavy atom. The van der Waals surface area contributed by atoms with Crippen LogP contribution in [0.5, 0.6) is 0 Å². The lowest BCUT2D eigenvalue weighted by molar-refractivity contribution is 0.0227. The monoisotopic (exact) mass is 677 g/mol. The zero-order chi connectivity index (χ0) is 33.9. The van der Waals surface area contributed by atoms with E-state index in [1.165, 1.54) is 11.3 Å². The summed E-state index contributed by atoms with van der Waals surface area (Å²) in [6, 6.07) is 37.0. The highest BCUT2D eigenvalue weighted by molar-refractivity contribution is 8.01. The Morgan fingerprint density at radius 3 is 1.94 bits per heavy atom. The number of benzene rings is 4. The number of carboxylic acids is 1. The SMILES string of the molecule is CN(c1ccc(C(=O)O)c(-c2nccs2)c1)C1CC(SC(c2ccccc2)(c2ccccc2)c2ccccc2)CN1C(=O)OC(C)(C)C. The van der Waals surface area contributed by atoms with Gasteiger partial charge in [-0.2, -0.15) is 0 Å². The van der Waals surface area contributed by atoms with E-state index in [-0.39, 0.29) is 23.1 Å². The van der Waals surface area contributed by atoms with Gasteiger partial charge in [0.25, 0.3) is 0 Å². The molecule has 0 spiro atoms. The molecule has 48 heavy (non-hydrogen) atoms. The molecule has 0 bridgehead atoms. The number of amides is 1. The number of thiazole rings is 1. The van der Waals surface area contributed by atoms with E-state index in [0.717, 1.165) is 22.4 Å². The molecule has 0 radical (unpaired) electrons. The molecular formula is C39H39N3O4S2. The molecule has 1 aromatic heterocycles. The number of carbonyl (C=O) groups is 2. The molecule has 9 heteroatoms. The van der Waals surface area contributed by atoms with E-state index in [2.05, 4.69) is 82.7 Å². The molecule has 1 amide bonds. The van der Waals surface area contributed by atoms with Crippen molar-refractivity contribution in [2.24, 2.45) is 0 Å². The summed E-state index contributed by atoms with van der Waals surface area (Å²) >= 11 is 3.25. The van der Waals surface area contributed by atoms with Crippen molar-refractivity contribution in [3.8, 4) is 10.6 Å². The van der Waals surface area contributed by atoms with Crippen LogP contribution in [0.2, 0.25) is 0 Å². The van der Waals surface area contributed by atoms with Gasteiger partial charge in [0.05, 0.1) is 10.3 Å². The standard InChI is InChI=1S/C39H39N3O4S2/c1-38(2,3)46-37(45)42-26-31(25-34(42)41(4)30-20-21-32(36(43)44)33(24-30)35-40-22-23-47-35)48-39(27-14-8-5-9-15-27,28-16-10-6-11-17-28)29-18-12-7-13-19-29/h5-24,31,34H,25-26H2,1-4H3,(H,43,44). The fourth-order valence-corrected chi connectivity index (χ4v) is 8.85. The van der Waals surface area contributed by atoms with E-state index >= 15 is 0 Å². The molecule has 1 saturated heterocycles. The van der Waals surface area contributed by atoms with Crippen molar-refractivity contribution in [2.75, 3.05) is 18.5 Å². The highest BCUT2D eigenvalue weighted by Crippen LogP contribution is 2.52. The number of rotatable bonds is 9. The van der Waals surface area contributed by atoms with E-state index in [4.69, 9.17) is 4.74 Å². The summed E-state index contributed by atoms with van der Waals surface area (Å²) in [6.07, 6.45) is 1.59. The molecule has 2 unspecified atom stereocenters. The number of thioether (sulfide) groups is 1. The second-order valence-electron chi connectivity index (χ2n) is 12.9. The largest absolute Gasteiger partial charge is 0.478 e. The van der Waals surface area contributed by atoms with Crippen LogP contribution in [0, 0.1) is 0 Å². The predicted octanol–water partition coefficient (Wildman–Crippen LogP) is 9.01. The summed E-state index contributed by atoms with van der Waals surface area (Å²) in [5.74, 6) is -1.01. The Bertz CT molecular complexity index is 1750. The van der Waals surface area contributed by atoms with Crippen molar-refractivity contribution in [1.29, 1.82) is 0 Å². The Balaban J connectivity index is 1.42. The summed E-state index contributed by atoms with van der Waals surface area (Å²) in [5, 5.41) is 12.4. The molecule has 5 aromatic rings. The Morgan fingerprint density at radius 2 is 1.46 bits per heavy atom. The van der Waals surface area contributed by atoms with Crippen LogP contribution in [0.4, 0.5) is 10.5 Å². The maximum atomic E-state index is 13.9. The minimum atomic E-state index is -1.01. The molecule has 2 atom stereocenters. The van der Waals surface area contributed by atoms with Crippen LogP contribution in [-0.4, -0.2) is 57.7 Å². The van der Waals surface area contributed by atoms with E-state index in [9.17, 15) is 14.7 Å². The van der Waals surface area contributed by atoms with Gasteiger partial charge in [-0.05, 0) is 55.7 Å². The van der Waals surface area contributed by atoms with E-state index < -0.39 is 16.3 Å². The lowest BCUT2D eigenvalue weighted by Gasteiger charge is -2.37. The van der Waals surface area contributed by atoms with Gasteiger partial charge in [0.2, 0.25) is 0 Å². The number of likely N-dealkylation sites (tertiary alicyclic amines) is 1. The average Bonchev–Trinajstić information content (AvgIpc) is 3.78. The molecule has 2 heterocycles. The first-order valence-electron chi connectivity index (χ1n) is 15.9. The van der Waals surface area contributed by atoms with Crippen molar-refractivity contribution < 1.29 is 19.4 Å². The van der Waals surface area contributed by atoms with Crippen LogP contribution < -0.4 is 4.90 Å². The van der Waals surface area contributed by atoms with Gasteiger partial charge in [-0.25, -0.2) is 14.6 Å². The third-order valence-electron chi connectivity index (χ3n) is 8.50. The van der Waals surface area contributed by atoms with Crippen molar-refractivity contribution in [3.63, 3.8) is 0 Å². The highest BCUT2D eigenvalue weighted by Gasteiger charge is 2.46. The van der Waals surface area contributed by atoms with Crippen molar-refractivity contribution >= 4 is 40.8 Å². The normalized spacial score (nSPS) is 16.5. The molecule has 1 aliphatic rings. The minimum absolute atomic E-state index is 0.0160. The summed E-state index contributed by atoms with van der Waals surface area (Å²) in [5.41, 5.74) is 4.32. The van der Waals surface area contributed by atoms with Crippen LogP contribution in [0.1, 0.15) is 54.2 Å². The maximum Gasteiger partial charge on any atom is 0.411 e. The quantitative estimate of drug-likeness (QED) is 0.156. The zero-order valence-electron chi connectivity index (χ0n) is 27.4. The first kappa shape index (κ1) is 33.3. The number of anilines is 1. The third kappa shape index (κ3) is 6.84. The van der Waals surface area contributed by atoms with Crippen LogP contribution >= 0.6 is 23.1 Å². The van der Waals surface area contributed by atoms with Gasteiger partial charge in [-0.15, -0.1) is 23.1 Å². The Hall–Kier alpha value is -4.60. The van der Waals surface area contributed by atoms with Crippen LogP contribution in [0.25, 0.3) is 10.6 Å². The number of carbonyl (C=O) groups excluding carboxylic acids is 1. The van der Waals surface area contributed by atoms with E-state index in [1.54, 1.807) is 18.3 Å². The summed E-state index contributed by atoms with van der Waals surface area (Å²) in [4.78, 5) is 34.3. The van der Waals surface area contributed by atoms with Crippen molar-refractivity contribution in [1.82, 2.24) is 9.88 Å². The van der Waals surface area contributed by atoms with Gasteiger partial charge in [0.1, 0.15) is 16.8 Å². The summed E-state index contributed by atoms with van der Waals surface area (Å²) < 4.78 is 5.42. The molecule has 0 saturated carbocycles. The molecular weight excluding hydrogens is 639 g/mol. The average molecular weight is 678 g/mol. The second kappa shape index (κ2) is 13.9. The fourth-order valence-electron chi connectivity index (χ4n) is 6.36. The molecule has 0 aliphatic carbocycles. The van der Waals surface area contributed by atoms with Gasteiger partial charge in [0, 0.05) is 48.1 Å². The topological polar surface area (TPSA) is 83.0 Å². The fraction of sp³-hybridized carbons (Fsp3) is 0.256. The lowest BCUT2D eigenvalue weighted by atomic mass is 9.84. The number of hydrogen-bond acceptors (Lipinski definition) is 7. The number of aromatic nitrogens is 1. The van der Waals surface area contributed by atoms with Gasteiger partial charge in [-0.1, -0.05) is 91.0 Å². The van der Waals surface area contributed by atoms with Gasteiger partial charge >= 0.3 is 12.1 Å². The molecule has 1 N–H and O–H groups in total. The number of ether oxygens (including phenoxy) is 1. The van der Waals surface area contributed by atoms with E-state index in [1.807, 2.05) is 74.1 Å². The highest BCUT2D eigenvalue weighted by atomic mass is 32.2. The molecule has 1 fully saturated rings. The minimum Gasteiger partial charge on any atom is -0.478 e. The first-order valence-corrected chi connectivity index (χ1v) is 17.7. The number of nitrogens with zero attached hydrogens (tertiary/aromatic N) is 3. The van der Waals surface area contributed by atoms with Gasteiger partial charge < -0.3 is 14.7 Å². The van der Waals surface area contributed by atoms with Crippen molar-refractivity contribution in [3.05, 3.63) is 143 Å². The van der Waals surface area contributed by atoms with Crippen LogP contribution in [0.15, 0.2) is 121 Å². The summed E-state index contributed by atoms with van der Waals surface area (Å²) in [7, 11) is 1.95. The number of aromatic carboxylic acids is 1. The number of hydrogen-bond donors (Lipinski definition) is 1. The smallest absolute Gasteiger partial charge is 0.411 e. The molecule has 6 rings (SSSR count). The first-order chi connectivity index (χ1) is 23.1. The molecule has 4 aromatic carbocycles. The zero-order valence-corrected chi connectivity index (χ0v) is 29.1. The molecule has 246 valence electrons. The Kier molecular flexibility index (Phi) is 9.62. The number of carboxylic acid groups (broad SMARTS) is 1. The second-order valence-corrected chi connectivity index (χ2v) is 15.3. The predicted molar refractivity (Wildman–Crippen MR) is 195 cm³/mol. The van der Waals surface area contributed by atoms with Crippen LogP contribution in [0.3, 0.4) is 0 Å². The van der Waals surface area contributed by atoms with Crippen LogP contribution in [-0.2, 0) is 9.48 Å². The van der Waals surface area contributed by atoms with Gasteiger partial charge in [0.15, 0.2) is 0 Å². The molecule has 1 aliphatic heterocycles. The third-order valence-corrected chi connectivity index (χ3v) is 11.0. The van der Waals surface area contributed by atoms with Gasteiger partial charge in [-0.3, -0.25) is 4.90 Å². The summed E-state index contributed by atoms with van der Waals surface area (Å²) in [6.45, 7) is 6.10.